The molecule has 0 radical (unpaired) electrons. The van der Waals surface area contributed by atoms with Crippen molar-refractivity contribution in [3.05, 3.63) is 59.7 Å². The van der Waals surface area contributed by atoms with Crippen molar-refractivity contribution in [1.82, 2.24) is 10.2 Å². The van der Waals surface area contributed by atoms with Crippen molar-refractivity contribution < 1.29 is 14.7 Å². The maximum atomic E-state index is 12.1. The number of carbonyl (C=O) groups is 2. The van der Waals surface area contributed by atoms with Crippen LogP contribution in [-0.2, 0) is 4.79 Å². The highest BCUT2D eigenvalue weighted by molar-refractivity contribution is 5.75. The number of urea groups is 1. The lowest BCUT2D eigenvalue weighted by Crippen LogP contribution is -2.39. The van der Waals surface area contributed by atoms with E-state index in [0.717, 1.165) is 16.7 Å². The summed E-state index contributed by atoms with van der Waals surface area (Å²) in [4.78, 5) is 24.0. The molecule has 0 bridgehead atoms. The van der Waals surface area contributed by atoms with Crippen LogP contribution in [-0.4, -0.2) is 35.6 Å². The summed E-state index contributed by atoms with van der Waals surface area (Å²) in [7, 11) is 1.57. The van der Waals surface area contributed by atoms with Crippen molar-refractivity contribution in [2.24, 2.45) is 0 Å². The lowest BCUT2D eigenvalue weighted by Gasteiger charge is -2.21. The van der Waals surface area contributed by atoms with Gasteiger partial charge < -0.3 is 15.3 Å². The first kappa shape index (κ1) is 19.0. The topological polar surface area (TPSA) is 93.4 Å². The molecule has 2 rings (SSSR count). The highest BCUT2D eigenvalue weighted by Gasteiger charge is 2.14. The van der Waals surface area contributed by atoms with Crippen molar-refractivity contribution in [3.8, 4) is 17.2 Å². The smallest absolute Gasteiger partial charge is 0.317 e. The van der Waals surface area contributed by atoms with Crippen LogP contribution in [0.4, 0.5) is 4.79 Å². The molecule has 0 saturated carbocycles. The molecule has 2 N–H and O–H groups in total. The maximum absolute atomic E-state index is 12.1. The van der Waals surface area contributed by atoms with Crippen molar-refractivity contribution in [2.75, 3.05) is 13.6 Å². The Kier molecular flexibility index (Phi) is 6.34. The maximum Gasteiger partial charge on any atom is 0.317 e. The van der Waals surface area contributed by atoms with Crippen molar-refractivity contribution >= 4 is 12.0 Å². The summed E-state index contributed by atoms with van der Waals surface area (Å²) in [5.74, 6) is -0.936. The molecule has 0 aliphatic heterocycles. The quantitative estimate of drug-likeness (QED) is 0.834. The number of rotatable bonds is 6. The lowest BCUT2D eigenvalue weighted by molar-refractivity contribution is -0.137. The number of nitrogens with one attached hydrogen (secondary N) is 1. The van der Waals surface area contributed by atoms with Crippen molar-refractivity contribution in [1.29, 1.82) is 5.26 Å². The number of nitrogens with zero attached hydrogens (tertiary/aromatic N) is 2. The molecular weight excluding hydrogens is 330 g/mol. The zero-order valence-electron chi connectivity index (χ0n) is 14.8. The molecule has 26 heavy (non-hydrogen) atoms. The predicted molar refractivity (Wildman–Crippen MR) is 98.4 cm³/mol. The zero-order valence-corrected chi connectivity index (χ0v) is 14.8. The van der Waals surface area contributed by atoms with Crippen molar-refractivity contribution in [3.63, 3.8) is 0 Å². The Hall–Kier alpha value is -3.33. The summed E-state index contributed by atoms with van der Waals surface area (Å²) >= 11 is 0. The first-order valence-corrected chi connectivity index (χ1v) is 8.24. The van der Waals surface area contributed by atoms with Gasteiger partial charge in [0.1, 0.15) is 0 Å². The third-order valence-corrected chi connectivity index (χ3v) is 4.08. The number of amides is 2. The minimum absolute atomic E-state index is 0.0885. The summed E-state index contributed by atoms with van der Waals surface area (Å²) < 4.78 is 0. The molecule has 0 saturated heterocycles. The summed E-state index contributed by atoms with van der Waals surface area (Å²) in [6, 6.07) is 16.7. The van der Waals surface area contributed by atoms with Crippen LogP contribution in [0.5, 0.6) is 0 Å². The fourth-order valence-corrected chi connectivity index (χ4v) is 2.48. The first-order valence-electron chi connectivity index (χ1n) is 8.24. The third-order valence-electron chi connectivity index (χ3n) is 4.08. The van der Waals surface area contributed by atoms with Crippen LogP contribution >= 0.6 is 0 Å². The van der Waals surface area contributed by atoms with Crippen molar-refractivity contribution in [2.45, 2.75) is 19.4 Å². The standard InChI is InChI=1S/C20H21N3O3/c1-14(22-20(26)23(2)11-10-19(24)25)16-6-8-17(9-7-16)18-5-3-4-15(12-18)13-21/h3-9,12,14H,10-11H2,1-2H3,(H,22,26)(H,24,25). The second-order valence-electron chi connectivity index (χ2n) is 6.05. The summed E-state index contributed by atoms with van der Waals surface area (Å²) in [6.45, 7) is 2.02. The number of carboxylic acids is 1. The van der Waals surface area contributed by atoms with Gasteiger partial charge in [0.05, 0.1) is 24.1 Å². The Bertz CT molecular complexity index is 825. The van der Waals surface area contributed by atoms with E-state index < -0.39 is 5.97 Å². The Balaban J connectivity index is 2.02. The molecule has 0 fully saturated rings. The lowest BCUT2D eigenvalue weighted by atomic mass is 10.00. The molecule has 2 amide bonds. The molecule has 0 aliphatic carbocycles. The average molecular weight is 351 g/mol. The number of nitriles is 1. The molecule has 134 valence electrons. The van der Waals surface area contributed by atoms with E-state index in [0.29, 0.717) is 5.56 Å². The van der Waals surface area contributed by atoms with E-state index in [1.165, 1.54) is 4.90 Å². The summed E-state index contributed by atoms with van der Waals surface area (Å²) in [6.07, 6.45) is -0.0885. The fraction of sp³-hybridized carbons (Fsp3) is 0.250. The minimum Gasteiger partial charge on any atom is -0.481 e. The molecule has 0 heterocycles. The minimum atomic E-state index is -0.936. The van der Waals surface area contributed by atoms with Gasteiger partial charge in [0.15, 0.2) is 0 Å². The normalized spacial score (nSPS) is 11.3. The van der Waals surface area contributed by atoms with Crippen LogP contribution in [0.1, 0.15) is 30.5 Å². The molecular formula is C20H21N3O3. The predicted octanol–water partition coefficient (Wildman–Crippen LogP) is 3.40. The second kappa shape index (κ2) is 8.67. The van der Waals surface area contributed by atoms with E-state index >= 15 is 0 Å². The third kappa shape index (κ3) is 5.08. The number of aliphatic carboxylic acids is 1. The van der Waals surface area contributed by atoms with Crippen LogP contribution in [0, 0.1) is 11.3 Å². The molecule has 6 heteroatoms. The van der Waals surface area contributed by atoms with Gasteiger partial charge in [-0.2, -0.15) is 5.26 Å². The number of carbonyl (C=O) groups excluding carboxylic acids is 1. The van der Waals surface area contributed by atoms with Crippen LogP contribution in [0.3, 0.4) is 0 Å². The molecule has 0 aliphatic rings. The molecule has 6 nitrogen and oxygen atoms in total. The molecule has 1 atom stereocenters. The Morgan fingerprint density at radius 3 is 2.50 bits per heavy atom. The molecule has 0 spiro atoms. The van der Waals surface area contributed by atoms with Gasteiger partial charge >= 0.3 is 12.0 Å². The van der Waals surface area contributed by atoms with Crippen LogP contribution in [0.15, 0.2) is 48.5 Å². The monoisotopic (exact) mass is 351 g/mol. The van der Waals surface area contributed by atoms with Gasteiger partial charge in [-0.3, -0.25) is 4.79 Å². The van der Waals surface area contributed by atoms with E-state index in [2.05, 4.69) is 11.4 Å². The molecule has 0 aromatic heterocycles. The van der Waals surface area contributed by atoms with E-state index in [-0.39, 0.29) is 25.0 Å². The largest absolute Gasteiger partial charge is 0.481 e. The second-order valence-corrected chi connectivity index (χ2v) is 6.05. The average Bonchev–Trinajstić information content (AvgIpc) is 2.66. The van der Waals surface area contributed by atoms with Gasteiger partial charge in [0, 0.05) is 13.6 Å². The number of hydrogen-bond acceptors (Lipinski definition) is 3. The van der Waals surface area contributed by atoms with Gasteiger partial charge in [-0.05, 0) is 35.7 Å². The summed E-state index contributed by atoms with van der Waals surface area (Å²) in [5.41, 5.74) is 3.49. The van der Waals surface area contributed by atoms with Crippen LogP contribution in [0.25, 0.3) is 11.1 Å². The molecule has 1 unspecified atom stereocenters. The first-order chi connectivity index (χ1) is 12.4. The SMILES string of the molecule is CC(NC(=O)N(C)CCC(=O)O)c1ccc(-c2cccc(C#N)c2)cc1. The Morgan fingerprint density at radius 1 is 1.19 bits per heavy atom. The van der Waals surface area contributed by atoms with E-state index in [9.17, 15) is 9.59 Å². The fourth-order valence-electron chi connectivity index (χ4n) is 2.48. The van der Waals surface area contributed by atoms with Crippen LogP contribution in [0.2, 0.25) is 0 Å². The molecule has 2 aromatic carbocycles. The number of carboxylic acid groups (broad SMARTS) is 1. The highest BCUT2D eigenvalue weighted by Crippen LogP contribution is 2.23. The summed E-state index contributed by atoms with van der Waals surface area (Å²) in [5, 5.41) is 20.5. The van der Waals surface area contributed by atoms with Gasteiger partial charge in [-0.1, -0.05) is 36.4 Å². The Labute approximate surface area is 152 Å². The van der Waals surface area contributed by atoms with Gasteiger partial charge in [0.2, 0.25) is 0 Å². The zero-order chi connectivity index (χ0) is 19.1. The highest BCUT2D eigenvalue weighted by atomic mass is 16.4. The van der Waals surface area contributed by atoms with E-state index in [1.54, 1.807) is 13.1 Å². The van der Waals surface area contributed by atoms with Gasteiger partial charge in [-0.15, -0.1) is 0 Å². The number of hydrogen-bond donors (Lipinski definition) is 2. The number of benzene rings is 2. The Morgan fingerprint density at radius 2 is 1.88 bits per heavy atom. The van der Waals surface area contributed by atoms with E-state index in [4.69, 9.17) is 10.4 Å². The molecule has 2 aromatic rings. The van der Waals surface area contributed by atoms with Crippen LogP contribution < -0.4 is 5.32 Å². The van der Waals surface area contributed by atoms with E-state index in [1.807, 2.05) is 49.4 Å². The van der Waals surface area contributed by atoms with Gasteiger partial charge in [-0.25, -0.2) is 4.79 Å². The van der Waals surface area contributed by atoms with Gasteiger partial charge in [0.25, 0.3) is 0 Å².